The minimum absolute atomic E-state index is 0.205. The van der Waals surface area contributed by atoms with Crippen molar-refractivity contribution in [1.29, 1.82) is 0 Å². The van der Waals surface area contributed by atoms with E-state index in [4.69, 9.17) is 14.2 Å². The molecule has 39 heavy (non-hydrogen) atoms. The molecular weight excluding hydrogens is 482 g/mol. The van der Waals surface area contributed by atoms with E-state index in [9.17, 15) is 0 Å². The van der Waals surface area contributed by atoms with Crippen molar-refractivity contribution in [2.45, 2.75) is 84.7 Å². The van der Waals surface area contributed by atoms with Crippen molar-refractivity contribution in [2.24, 2.45) is 0 Å². The van der Waals surface area contributed by atoms with Crippen molar-refractivity contribution < 1.29 is 14.2 Å². The van der Waals surface area contributed by atoms with Crippen molar-refractivity contribution >= 4 is 5.69 Å². The summed E-state index contributed by atoms with van der Waals surface area (Å²) in [7, 11) is 3.40. The van der Waals surface area contributed by atoms with Crippen LogP contribution in [0.15, 0.2) is 42.5 Å². The van der Waals surface area contributed by atoms with E-state index in [1.807, 2.05) is 6.07 Å². The van der Waals surface area contributed by atoms with Gasteiger partial charge in [0.1, 0.15) is 11.4 Å². The minimum Gasteiger partial charge on any atom is -0.493 e. The van der Waals surface area contributed by atoms with Crippen LogP contribution in [0.2, 0.25) is 0 Å². The summed E-state index contributed by atoms with van der Waals surface area (Å²) >= 11 is 0. The third kappa shape index (κ3) is 4.77. The molecule has 2 heterocycles. The average Bonchev–Trinajstić information content (AvgIpc) is 3.23. The van der Waals surface area contributed by atoms with E-state index in [1.165, 1.54) is 44.6 Å². The highest BCUT2D eigenvalue weighted by Gasteiger charge is 2.45. The molecule has 208 valence electrons. The normalized spacial score (nSPS) is 18.7. The average molecular weight is 528 g/mol. The maximum absolute atomic E-state index is 6.75. The second-order valence-electron chi connectivity index (χ2n) is 12.3. The summed E-state index contributed by atoms with van der Waals surface area (Å²) in [4.78, 5) is 2.62. The van der Waals surface area contributed by atoms with E-state index in [2.05, 4.69) is 89.8 Å². The lowest BCUT2D eigenvalue weighted by Gasteiger charge is -2.37. The second kappa shape index (κ2) is 10.4. The van der Waals surface area contributed by atoms with Crippen LogP contribution in [0, 0.1) is 20.8 Å². The molecule has 2 aliphatic heterocycles. The van der Waals surface area contributed by atoms with E-state index in [1.54, 1.807) is 14.2 Å². The Labute approximate surface area is 235 Å². The van der Waals surface area contributed by atoms with E-state index in [0.29, 0.717) is 11.8 Å². The van der Waals surface area contributed by atoms with Crippen LogP contribution in [0.25, 0.3) is 0 Å². The van der Waals surface area contributed by atoms with Crippen LogP contribution < -0.4 is 19.1 Å². The summed E-state index contributed by atoms with van der Waals surface area (Å²) in [5.41, 5.74) is 10.5. The van der Waals surface area contributed by atoms with Gasteiger partial charge in [0.05, 0.1) is 20.1 Å². The molecule has 0 amide bonds. The number of methoxy groups -OCH3 is 2. The molecule has 0 aromatic heterocycles. The number of hydrogen-bond donors (Lipinski definition) is 0. The molecular formula is C35H45NO3. The molecule has 1 fully saturated rings. The number of fused-ring (bicyclic) bond motifs is 1. The topological polar surface area (TPSA) is 30.9 Å². The Bertz CT molecular complexity index is 1350. The Kier molecular flexibility index (Phi) is 7.35. The van der Waals surface area contributed by atoms with Gasteiger partial charge in [-0.2, -0.15) is 0 Å². The molecule has 1 saturated heterocycles. The van der Waals surface area contributed by atoms with Crippen LogP contribution in [0.5, 0.6) is 17.2 Å². The molecule has 0 bridgehead atoms. The Hall–Kier alpha value is -3.14. The van der Waals surface area contributed by atoms with E-state index in [0.717, 1.165) is 43.2 Å². The van der Waals surface area contributed by atoms with Gasteiger partial charge in [-0.15, -0.1) is 0 Å². The summed E-state index contributed by atoms with van der Waals surface area (Å²) in [6, 6.07) is 15.6. The smallest absolute Gasteiger partial charge is 0.160 e. The first-order chi connectivity index (χ1) is 18.6. The summed E-state index contributed by atoms with van der Waals surface area (Å²) in [6.07, 6.45) is 2.24. The molecule has 0 aliphatic carbocycles. The Morgan fingerprint density at radius 2 is 1.44 bits per heavy atom. The molecule has 4 nitrogen and oxygen atoms in total. The van der Waals surface area contributed by atoms with E-state index >= 15 is 0 Å². The summed E-state index contributed by atoms with van der Waals surface area (Å²) in [5, 5.41) is 0. The Balaban J connectivity index is 1.47. The largest absolute Gasteiger partial charge is 0.493 e. The second-order valence-corrected chi connectivity index (χ2v) is 12.3. The Morgan fingerprint density at radius 1 is 0.821 bits per heavy atom. The highest BCUT2D eigenvalue weighted by molar-refractivity contribution is 5.72. The van der Waals surface area contributed by atoms with Gasteiger partial charge in [-0.25, -0.2) is 0 Å². The zero-order chi connectivity index (χ0) is 28.1. The van der Waals surface area contributed by atoms with Gasteiger partial charge in [0, 0.05) is 24.3 Å². The first kappa shape index (κ1) is 27.4. The molecule has 2 aliphatic rings. The molecule has 0 radical (unpaired) electrons. The third-order valence-corrected chi connectivity index (χ3v) is 9.24. The van der Waals surface area contributed by atoms with Crippen molar-refractivity contribution in [3.8, 4) is 17.2 Å². The van der Waals surface area contributed by atoms with Crippen LogP contribution >= 0.6 is 0 Å². The molecule has 0 spiro atoms. The van der Waals surface area contributed by atoms with Gasteiger partial charge in [0.2, 0.25) is 0 Å². The van der Waals surface area contributed by atoms with Crippen LogP contribution in [0.3, 0.4) is 0 Å². The van der Waals surface area contributed by atoms with Gasteiger partial charge in [0.25, 0.3) is 0 Å². The zero-order valence-electron chi connectivity index (χ0n) is 25.3. The van der Waals surface area contributed by atoms with E-state index in [-0.39, 0.29) is 11.5 Å². The van der Waals surface area contributed by atoms with Gasteiger partial charge >= 0.3 is 0 Å². The van der Waals surface area contributed by atoms with Crippen LogP contribution in [0.4, 0.5) is 5.69 Å². The predicted molar refractivity (Wildman–Crippen MR) is 161 cm³/mol. The molecule has 3 aromatic rings. The maximum atomic E-state index is 6.75. The van der Waals surface area contributed by atoms with Crippen molar-refractivity contribution in [1.82, 2.24) is 0 Å². The van der Waals surface area contributed by atoms with Gasteiger partial charge < -0.3 is 19.1 Å². The lowest BCUT2D eigenvalue weighted by Crippen LogP contribution is -2.34. The lowest BCUT2D eigenvalue weighted by molar-refractivity contribution is 0.121. The van der Waals surface area contributed by atoms with Crippen molar-refractivity contribution in [2.75, 3.05) is 32.2 Å². The highest BCUT2D eigenvalue weighted by Crippen LogP contribution is 2.54. The molecule has 1 atom stereocenters. The number of nitrogens with zero attached hydrogens (tertiary/aromatic N) is 1. The fourth-order valence-electron chi connectivity index (χ4n) is 6.94. The van der Waals surface area contributed by atoms with E-state index < -0.39 is 0 Å². The van der Waals surface area contributed by atoms with Crippen LogP contribution in [-0.4, -0.2) is 32.9 Å². The quantitative estimate of drug-likeness (QED) is 0.322. The third-order valence-electron chi connectivity index (χ3n) is 9.24. The molecule has 0 saturated carbocycles. The van der Waals surface area contributed by atoms with Crippen LogP contribution in [0.1, 0.15) is 97.2 Å². The van der Waals surface area contributed by atoms with Gasteiger partial charge in [-0.1, -0.05) is 44.2 Å². The summed E-state index contributed by atoms with van der Waals surface area (Å²) in [5.74, 6) is 3.95. The van der Waals surface area contributed by atoms with Gasteiger partial charge in [-0.3, -0.25) is 0 Å². The standard InChI is InChI=1S/C35H45NO3/c1-21(2)25-10-12-27(13-11-25)32-31-24(5)33(22(3)23(4)34(31)39-35(32,6)7)36-18-16-26(17-19-36)28-14-15-29(37-8)30(20-28)38-9/h10-15,20-21,26,32H,16-19H2,1-9H3. The molecule has 0 N–H and O–H groups in total. The highest BCUT2D eigenvalue weighted by atomic mass is 16.5. The van der Waals surface area contributed by atoms with Crippen LogP contribution in [-0.2, 0) is 0 Å². The summed E-state index contributed by atoms with van der Waals surface area (Å²) < 4.78 is 17.8. The van der Waals surface area contributed by atoms with Crippen molar-refractivity contribution in [3.05, 3.63) is 81.4 Å². The predicted octanol–water partition coefficient (Wildman–Crippen LogP) is 8.44. The fourth-order valence-corrected chi connectivity index (χ4v) is 6.94. The maximum Gasteiger partial charge on any atom is 0.160 e. The molecule has 3 aromatic carbocycles. The molecule has 5 rings (SSSR count). The first-order valence-electron chi connectivity index (χ1n) is 14.5. The van der Waals surface area contributed by atoms with Crippen molar-refractivity contribution in [3.63, 3.8) is 0 Å². The molecule has 1 unspecified atom stereocenters. The lowest BCUT2D eigenvalue weighted by atomic mass is 9.77. The number of anilines is 1. The zero-order valence-corrected chi connectivity index (χ0v) is 25.3. The number of rotatable bonds is 6. The summed E-state index contributed by atoms with van der Waals surface area (Å²) in [6.45, 7) is 17.9. The first-order valence-corrected chi connectivity index (χ1v) is 14.5. The Morgan fingerprint density at radius 3 is 2.03 bits per heavy atom. The number of piperidine rings is 1. The fraction of sp³-hybridized carbons (Fsp3) is 0.486. The molecule has 4 heteroatoms. The number of benzene rings is 3. The number of ether oxygens (including phenoxy) is 3. The number of hydrogen-bond acceptors (Lipinski definition) is 4. The van der Waals surface area contributed by atoms with Gasteiger partial charge in [-0.05, 0) is 105 Å². The monoisotopic (exact) mass is 527 g/mol. The minimum atomic E-state index is -0.303. The van der Waals surface area contributed by atoms with Gasteiger partial charge in [0.15, 0.2) is 11.5 Å². The SMILES string of the molecule is COc1ccc(C2CCN(c3c(C)c(C)c4c(c3C)C(c3ccc(C(C)C)cc3)C(C)(C)O4)CC2)cc1OC.